The van der Waals surface area contributed by atoms with Gasteiger partial charge < -0.3 is 0 Å². The van der Waals surface area contributed by atoms with Gasteiger partial charge in [-0.2, -0.15) is 0 Å². The van der Waals surface area contributed by atoms with Crippen LogP contribution in [0.2, 0.25) is 5.32 Å². The third kappa shape index (κ3) is 6.72. The van der Waals surface area contributed by atoms with E-state index in [9.17, 15) is 0 Å². The average molecular weight is 238 g/mol. The molecule has 0 saturated heterocycles. The zero-order valence-electron chi connectivity index (χ0n) is 7.22. The Kier molecular flexibility index (Phi) is 9.74. The van der Waals surface area contributed by atoms with Gasteiger partial charge in [0.05, 0.1) is 0 Å². The molecule has 3 heteroatoms. The molecule has 0 fully saturated rings. The molecule has 73 valence electrons. The van der Waals surface area contributed by atoms with Crippen LogP contribution in [0.1, 0.15) is 19.8 Å². The number of benzene rings is 1. The summed E-state index contributed by atoms with van der Waals surface area (Å²) < 4.78 is 0. The molecule has 0 spiro atoms. The van der Waals surface area contributed by atoms with Crippen molar-refractivity contribution in [3.8, 4) is 0 Å². The standard InChI is InChI=1S/C6H6S.C4H9.Cu.Li.H/c7-6-4-2-1-3-5-6;1-3-4-2;;;/h1-5,7H;1,3-4H2,2H3;;;/q;;+1;;/p-1. The van der Waals surface area contributed by atoms with Crippen molar-refractivity contribution >= 4 is 29.0 Å². The minimum absolute atomic E-state index is 0. The van der Waals surface area contributed by atoms with Gasteiger partial charge in [0.1, 0.15) is 0 Å². The van der Waals surface area contributed by atoms with Gasteiger partial charge in [-0.1, -0.05) is 0 Å². The Balaban J connectivity index is 0.00000144. The summed E-state index contributed by atoms with van der Waals surface area (Å²) in [6, 6.07) is 10.5. The van der Waals surface area contributed by atoms with Gasteiger partial charge >= 0.3 is 103 Å². The summed E-state index contributed by atoms with van der Waals surface area (Å²) in [5.74, 6) is 0. The summed E-state index contributed by atoms with van der Waals surface area (Å²) in [6.45, 7) is 2.23. The van der Waals surface area contributed by atoms with Crippen molar-refractivity contribution in [1.29, 1.82) is 0 Å². The number of hydrogen-bond donors (Lipinski definition) is 0. The predicted octanol–water partition coefficient (Wildman–Crippen LogP) is 3.35. The Morgan fingerprint density at radius 1 is 1.23 bits per heavy atom. The van der Waals surface area contributed by atoms with Gasteiger partial charge in [0.15, 0.2) is 0 Å². The van der Waals surface area contributed by atoms with Gasteiger partial charge in [0.2, 0.25) is 0 Å². The first-order chi connectivity index (χ1) is 5.93. The van der Waals surface area contributed by atoms with E-state index in [-0.39, 0.29) is 18.9 Å². The molecule has 0 aromatic heterocycles. The summed E-state index contributed by atoms with van der Waals surface area (Å²) >= 11 is 2.03. The van der Waals surface area contributed by atoms with Crippen LogP contribution in [0.5, 0.6) is 0 Å². The van der Waals surface area contributed by atoms with E-state index in [0.29, 0.717) is 0 Å². The van der Waals surface area contributed by atoms with E-state index in [1.54, 1.807) is 0 Å². The van der Waals surface area contributed by atoms with Crippen LogP contribution in [0.4, 0.5) is 0 Å². The molecule has 0 nitrogen and oxygen atoms in total. The van der Waals surface area contributed by atoms with Gasteiger partial charge in [0, 0.05) is 0 Å². The quantitative estimate of drug-likeness (QED) is 0.559. The summed E-state index contributed by atoms with van der Waals surface area (Å²) in [5.41, 5.74) is 0. The Morgan fingerprint density at radius 2 is 1.92 bits per heavy atom. The van der Waals surface area contributed by atoms with Crippen LogP contribution in [0, 0.1) is 0 Å². The molecule has 0 unspecified atom stereocenters. The van der Waals surface area contributed by atoms with E-state index < -0.39 is 0 Å². The topological polar surface area (TPSA) is 0 Å². The first-order valence-electron chi connectivity index (χ1n) is 4.16. The minimum atomic E-state index is 0. The summed E-state index contributed by atoms with van der Waals surface area (Å²) in [4.78, 5) is 1.36. The molecule has 0 saturated carbocycles. The Bertz CT molecular complexity index is 203. The molecule has 0 atom stereocenters. The van der Waals surface area contributed by atoms with Crippen molar-refractivity contribution in [3.05, 3.63) is 30.3 Å². The van der Waals surface area contributed by atoms with Crippen LogP contribution in [0.25, 0.3) is 0 Å². The van der Waals surface area contributed by atoms with Crippen LogP contribution in [0.3, 0.4) is 0 Å². The first kappa shape index (κ1) is 13.7. The van der Waals surface area contributed by atoms with E-state index in [2.05, 4.69) is 37.3 Å². The van der Waals surface area contributed by atoms with E-state index in [1.807, 2.05) is 24.0 Å². The Hall–Kier alpha value is 0.687. The zero-order valence-corrected chi connectivity index (χ0v) is 8.98. The molecule has 1 aromatic carbocycles. The Labute approximate surface area is 103 Å². The molecule has 0 amide bonds. The van der Waals surface area contributed by atoms with Crippen molar-refractivity contribution in [2.75, 3.05) is 0 Å². The summed E-state index contributed by atoms with van der Waals surface area (Å²) in [5, 5.41) is 1.25. The monoisotopic (exact) mass is 237 g/mol. The summed E-state index contributed by atoms with van der Waals surface area (Å²) in [7, 11) is 1.87. The first-order valence-corrected chi connectivity index (χ1v) is 6.63. The molecule has 1 aromatic rings. The van der Waals surface area contributed by atoms with E-state index in [1.165, 1.54) is 23.1 Å². The van der Waals surface area contributed by atoms with Gasteiger partial charge in [0.25, 0.3) is 0 Å². The SMILES string of the molecule is CCC[CH2][Cu][S]c1ccccc1.[LiH]. The van der Waals surface area contributed by atoms with E-state index in [4.69, 9.17) is 0 Å². The van der Waals surface area contributed by atoms with Gasteiger partial charge in [-0.15, -0.1) is 0 Å². The molecular formula is C10H15CuLiS. The average Bonchev–Trinajstić information content (AvgIpc) is 2.14. The van der Waals surface area contributed by atoms with Crippen molar-refractivity contribution in [3.63, 3.8) is 0 Å². The van der Waals surface area contributed by atoms with Crippen LogP contribution < -0.4 is 0 Å². The second-order valence-electron chi connectivity index (χ2n) is 2.47. The fraction of sp³-hybridized carbons (Fsp3) is 0.400. The Morgan fingerprint density at radius 3 is 2.54 bits per heavy atom. The van der Waals surface area contributed by atoms with E-state index in [0.717, 1.165) is 0 Å². The normalized spacial score (nSPS) is 9.62. The third-order valence-corrected chi connectivity index (χ3v) is 3.99. The van der Waals surface area contributed by atoms with Gasteiger partial charge in [-0.05, 0) is 0 Å². The van der Waals surface area contributed by atoms with Gasteiger partial charge in [-0.25, -0.2) is 0 Å². The second-order valence-corrected chi connectivity index (χ2v) is 5.10. The van der Waals surface area contributed by atoms with Crippen LogP contribution in [0.15, 0.2) is 35.2 Å². The number of rotatable bonds is 5. The maximum absolute atomic E-state index is 2.23. The fourth-order valence-corrected chi connectivity index (χ4v) is 3.07. The van der Waals surface area contributed by atoms with E-state index >= 15 is 0 Å². The molecule has 0 aliphatic heterocycles. The van der Waals surface area contributed by atoms with Crippen molar-refractivity contribution in [2.45, 2.75) is 30.0 Å². The van der Waals surface area contributed by atoms with Crippen LogP contribution >= 0.6 is 10.2 Å². The zero-order chi connectivity index (χ0) is 8.65. The number of hydrogen-bond acceptors (Lipinski definition) is 1. The molecular weight excluding hydrogens is 223 g/mol. The van der Waals surface area contributed by atoms with Crippen LogP contribution in [-0.4, -0.2) is 18.9 Å². The maximum atomic E-state index is 2.23. The molecule has 0 aliphatic carbocycles. The molecule has 0 heterocycles. The van der Waals surface area contributed by atoms with Crippen molar-refractivity contribution in [2.24, 2.45) is 0 Å². The third-order valence-electron chi connectivity index (χ3n) is 1.38. The molecule has 1 rings (SSSR count). The molecule has 13 heavy (non-hydrogen) atoms. The second kappa shape index (κ2) is 9.25. The fourth-order valence-electron chi connectivity index (χ4n) is 0.693. The molecule has 0 aliphatic rings. The molecule has 0 N–H and O–H groups in total. The van der Waals surface area contributed by atoms with Crippen molar-refractivity contribution in [1.82, 2.24) is 0 Å². The molecule has 0 bridgehead atoms. The predicted molar refractivity (Wildman–Crippen MR) is 59.2 cm³/mol. The molecule has 0 radical (unpaired) electrons. The summed E-state index contributed by atoms with van der Waals surface area (Å²) in [6.07, 6.45) is 2.61. The van der Waals surface area contributed by atoms with Gasteiger partial charge in [-0.3, -0.25) is 0 Å². The number of unbranched alkanes of at least 4 members (excludes halogenated alkanes) is 1. The van der Waals surface area contributed by atoms with Crippen LogP contribution in [-0.2, 0) is 13.8 Å². The van der Waals surface area contributed by atoms with Crippen molar-refractivity contribution < 1.29 is 13.8 Å².